The number of likely N-dealkylation sites (N-methyl/N-ethyl adjacent to an activating group) is 1. The molecule has 1 heterocycles. The molecule has 4 nitrogen and oxygen atoms in total. The maximum absolute atomic E-state index is 5.93. The number of hydrogen-bond acceptors (Lipinski definition) is 3. The zero-order valence-corrected chi connectivity index (χ0v) is 13.8. The van der Waals surface area contributed by atoms with Crippen LogP contribution in [0, 0.1) is 0 Å². The van der Waals surface area contributed by atoms with Gasteiger partial charge in [0, 0.05) is 19.5 Å². The fourth-order valence-electron chi connectivity index (χ4n) is 2.43. The first-order valence-corrected chi connectivity index (χ1v) is 7.68. The molecule has 116 valence electrons. The minimum absolute atomic E-state index is 0.111. The highest BCUT2D eigenvalue weighted by molar-refractivity contribution is 5.75. The third kappa shape index (κ3) is 4.29. The van der Waals surface area contributed by atoms with Crippen molar-refractivity contribution in [1.29, 1.82) is 0 Å². The van der Waals surface area contributed by atoms with Crippen LogP contribution in [-0.4, -0.2) is 34.3 Å². The molecule has 2 rings (SSSR count). The number of nitrogens with one attached hydrogen (secondary N) is 1. The summed E-state index contributed by atoms with van der Waals surface area (Å²) in [5, 5.41) is 3.50. The Morgan fingerprint density at radius 1 is 1.29 bits per heavy atom. The van der Waals surface area contributed by atoms with Gasteiger partial charge in [-0.25, -0.2) is 4.98 Å². The monoisotopic (exact) mass is 289 g/mol. The number of aromatic nitrogens is 2. The number of nitrogens with zero attached hydrogens (tertiary/aromatic N) is 2. The summed E-state index contributed by atoms with van der Waals surface area (Å²) in [7, 11) is 2.08. The quantitative estimate of drug-likeness (QED) is 0.888. The average Bonchev–Trinajstić information content (AvgIpc) is 2.73. The fraction of sp³-hybridized carbons (Fsp3) is 0.588. The van der Waals surface area contributed by atoms with Gasteiger partial charge in [0.2, 0.25) is 0 Å². The zero-order chi connectivity index (χ0) is 15.5. The van der Waals surface area contributed by atoms with Crippen LogP contribution >= 0.6 is 0 Å². The standard InChI is InChI=1S/C17H27N3O/c1-6-18-13(12-21-17(2,3)4)11-16-19-14-9-7-8-10-15(14)20(16)5/h7-10,13,18H,6,11-12H2,1-5H3. The van der Waals surface area contributed by atoms with E-state index in [0.717, 1.165) is 24.3 Å². The van der Waals surface area contributed by atoms with E-state index < -0.39 is 0 Å². The maximum Gasteiger partial charge on any atom is 0.111 e. The lowest BCUT2D eigenvalue weighted by Crippen LogP contribution is -2.38. The largest absolute Gasteiger partial charge is 0.374 e. The summed E-state index contributed by atoms with van der Waals surface area (Å²) in [6, 6.07) is 8.54. The van der Waals surface area contributed by atoms with Gasteiger partial charge >= 0.3 is 0 Å². The van der Waals surface area contributed by atoms with E-state index >= 15 is 0 Å². The van der Waals surface area contributed by atoms with Crippen molar-refractivity contribution >= 4 is 11.0 Å². The van der Waals surface area contributed by atoms with E-state index in [4.69, 9.17) is 9.72 Å². The first-order valence-electron chi connectivity index (χ1n) is 7.68. The van der Waals surface area contributed by atoms with E-state index in [9.17, 15) is 0 Å². The van der Waals surface area contributed by atoms with E-state index in [2.05, 4.69) is 62.8 Å². The lowest BCUT2D eigenvalue weighted by molar-refractivity contribution is -0.0144. The number of para-hydroxylation sites is 2. The van der Waals surface area contributed by atoms with Crippen LogP contribution in [0.2, 0.25) is 0 Å². The van der Waals surface area contributed by atoms with Crippen LogP contribution in [0.3, 0.4) is 0 Å². The van der Waals surface area contributed by atoms with Crippen molar-refractivity contribution in [3.63, 3.8) is 0 Å². The summed E-state index contributed by atoms with van der Waals surface area (Å²) in [4.78, 5) is 4.75. The number of ether oxygens (including phenoxy) is 1. The highest BCUT2D eigenvalue weighted by Crippen LogP contribution is 2.16. The molecule has 0 radical (unpaired) electrons. The molecular weight excluding hydrogens is 262 g/mol. The summed E-state index contributed by atoms with van der Waals surface area (Å²) in [6.07, 6.45) is 0.870. The summed E-state index contributed by atoms with van der Waals surface area (Å²) in [6.45, 7) is 10.0. The predicted octanol–water partition coefficient (Wildman–Crippen LogP) is 2.91. The van der Waals surface area contributed by atoms with Gasteiger partial charge < -0.3 is 14.6 Å². The minimum atomic E-state index is -0.111. The van der Waals surface area contributed by atoms with Gasteiger partial charge in [-0.15, -0.1) is 0 Å². The lowest BCUT2D eigenvalue weighted by Gasteiger charge is -2.25. The molecule has 0 aliphatic heterocycles. The lowest BCUT2D eigenvalue weighted by atomic mass is 10.1. The Morgan fingerprint density at radius 3 is 2.62 bits per heavy atom. The highest BCUT2D eigenvalue weighted by Gasteiger charge is 2.18. The van der Waals surface area contributed by atoms with Crippen LogP contribution in [0.25, 0.3) is 11.0 Å². The molecule has 4 heteroatoms. The van der Waals surface area contributed by atoms with Crippen molar-refractivity contribution in [2.45, 2.75) is 45.8 Å². The topological polar surface area (TPSA) is 39.1 Å². The van der Waals surface area contributed by atoms with Gasteiger partial charge in [0.15, 0.2) is 0 Å². The van der Waals surface area contributed by atoms with E-state index in [-0.39, 0.29) is 11.6 Å². The first kappa shape index (κ1) is 16.0. The fourth-order valence-corrected chi connectivity index (χ4v) is 2.43. The second-order valence-corrected chi connectivity index (χ2v) is 6.46. The molecule has 1 N–H and O–H groups in total. The predicted molar refractivity (Wildman–Crippen MR) is 87.6 cm³/mol. The molecule has 0 amide bonds. The second-order valence-electron chi connectivity index (χ2n) is 6.46. The second kappa shape index (κ2) is 6.58. The van der Waals surface area contributed by atoms with Crippen molar-refractivity contribution in [2.75, 3.05) is 13.2 Å². The van der Waals surface area contributed by atoms with Crippen molar-refractivity contribution in [1.82, 2.24) is 14.9 Å². The highest BCUT2D eigenvalue weighted by atomic mass is 16.5. The number of aryl methyl sites for hydroxylation is 1. The smallest absolute Gasteiger partial charge is 0.111 e. The van der Waals surface area contributed by atoms with E-state index in [1.54, 1.807) is 0 Å². The maximum atomic E-state index is 5.93. The van der Waals surface area contributed by atoms with Crippen molar-refractivity contribution < 1.29 is 4.74 Å². The number of imidazole rings is 1. The van der Waals surface area contributed by atoms with E-state index in [1.807, 2.05) is 6.07 Å². The number of rotatable bonds is 6. The molecule has 0 fully saturated rings. The Morgan fingerprint density at radius 2 is 2.00 bits per heavy atom. The molecule has 0 spiro atoms. The molecule has 0 saturated heterocycles. The van der Waals surface area contributed by atoms with Crippen molar-refractivity contribution in [2.24, 2.45) is 7.05 Å². The molecule has 1 unspecified atom stereocenters. The summed E-state index contributed by atoms with van der Waals surface area (Å²) in [5.74, 6) is 1.10. The Hall–Kier alpha value is -1.39. The normalized spacial score (nSPS) is 13.8. The molecule has 2 aromatic rings. The molecular formula is C17H27N3O. The van der Waals surface area contributed by atoms with Gasteiger partial charge in [0.05, 0.1) is 23.2 Å². The Bertz CT molecular complexity index is 583. The van der Waals surface area contributed by atoms with Gasteiger partial charge in [-0.2, -0.15) is 0 Å². The van der Waals surface area contributed by atoms with Gasteiger partial charge in [0.25, 0.3) is 0 Å². The Kier molecular flexibility index (Phi) is 5.01. The first-order chi connectivity index (χ1) is 9.90. The number of benzene rings is 1. The van der Waals surface area contributed by atoms with Crippen LogP contribution < -0.4 is 5.32 Å². The van der Waals surface area contributed by atoms with Crippen LogP contribution in [0.4, 0.5) is 0 Å². The van der Waals surface area contributed by atoms with Crippen molar-refractivity contribution in [3.8, 4) is 0 Å². The molecule has 1 atom stereocenters. The summed E-state index contributed by atoms with van der Waals surface area (Å²) < 4.78 is 8.11. The van der Waals surface area contributed by atoms with Crippen LogP contribution in [0.15, 0.2) is 24.3 Å². The SMILES string of the molecule is CCNC(COC(C)(C)C)Cc1nc2ccccc2n1C. The summed E-state index contributed by atoms with van der Waals surface area (Å²) >= 11 is 0. The molecule has 0 bridgehead atoms. The molecule has 1 aromatic carbocycles. The van der Waals surface area contributed by atoms with Crippen molar-refractivity contribution in [3.05, 3.63) is 30.1 Å². The van der Waals surface area contributed by atoms with E-state index in [1.165, 1.54) is 5.52 Å². The van der Waals surface area contributed by atoms with Gasteiger partial charge in [-0.05, 0) is 39.4 Å². The van der Waals surface area contributed by atoms with Crippen LogP contribution in [0.1, 0.15) is 33.5 Å². The summed E-state index contributed by atoms with van der Waals surface area (Å²) in [5.41, 5.74) is 2.13. The third-order valence-corrected chi connectivity index (χ3v) is 3.52. The van der Waals surface area contributed by atoms with Gasteiger partial charge in [-0.1, -0.05) is 19.1 Å². The van der Waals surface area contributed by atoms with Crippen LogP contribution in [0.5, 0.6) is 0 Å². The molecule has 1 aromatic heterocycles. The molecule has 21 heavy (non-hydrogen) atoms. The molecule has 0 aliphatic carbocycles. The zero-order valence-electron chi connectivity index (χ0n) is 13.8. The van der Waals surface area contributed by atoms with Gasteiger partial charge in [-0.3, -0.25) is 0 Å². The number of fused-ring (bicyclic) bond motifs is 1. The van der Waals surface area contributed by atoms with Gasteiger partial charge in [0.1, 0.15) is 5.82 Å². The molecule has 0 saturated carbocycles. The van der Waals surface area contributed by atoms with E-state index in [0.29, 0.717) is 6.61 Å². The Balaban J connectivity index is 2.12. The van der Waals surface area contributed by atoms with Crippen LogP contribution in [-0.2, 0) is 18.2 Å². The third-order valence-electron chi connectivity index (χ3n) is 3.52. The minimum Gasteiger partial charge on any atom is -0.374 e. The Labute approximate surface area is 127 Å². The number of hydrogen-bond donors (Lipinski definition) is 1. The average molecular weight is 289 g/mol. The molecule has 0 aliphatic rings.